The van der Waals surface area contributed by atoms with E-state index in [-0.39, 0.29) is 6.04 Å². The third-order valence-electron chi connectivity index (χ3n) is 3.06. The smallest absolute Gasteiger partial charge is 0.0541 e. The number of hydrogen-bond acceptors (Lipinski definition) is 3. The van der Waals surface area contributed by atoms with E-state index in [1.165, 1.54) is 11.3 Å². The summed E-state index contributed by atoms with van der Waals surface area (Å²) in [6, 6.07) is 6.24. The summed E-state index contributed by atoms with van der Waals surface area (Å²) in [5.74, 6) is 0. The van der Waals surface area contributed by atoms with Crippen LogP contribution in [0.4, 0.5) is 0 Å². The second-order valence-electron chi connectivity index (χ2n) is 4.23. The highest BCUT2D eigenvalue weighted by Gasteiger charge is 2.11. The van der Waals surface area contributed by atoms with Crippen molar-refractivity contribution in [3.63, 3.8) is 0 Å². The van der Waals surface area contributed by atoms with Crippen molar-refractivity contribution < 1.29 is 0 Å². The van der Waals surface area contributed by atoms with E-state index < -0.39 is 0 Å². The largest absolute Gasteiger partial charge is 0.304 e. The molecule has 0 aliphatic rings. The van der Waals surface area contributed by atoms with Gasteiger partial charge in [-0.15, -0.1) is 0 Å². The van der Waals surface area contributed by atoms with Crippen LogP contribution in [0.5, 0.6) is 0 Å². The van der Waals surface area contributed by atoms with Gasteiger partial charge in [-0.2, -0.15) is 5.10 Å². The highest BCUT2D eigenvalue weighted by atomic mass is 15.3. The molecule has 0 bridgehead atoms. The normalized spacial score (nSPS) is 12.6. The molecule has 1 N–H and O–H groups in total. The molecule has 0 spiro atoms. The molecule has 2 aromatic rings. The molecular weight excluding hydrogens is 212 g/mol. The molecule has 4 heteroatoms. The van der Waals surface area contributed by atoms with Crippen LogP contribution in [0.15, 0.2) is 30.6 Å². The number of aryl methyl sites for hydroxylation is 1. The number of pyridine rings is 1. The van der Waals surface area contributed by atoms with E-state index in [0.29, 0.717) is 0 Å². The van der Waals surface area contributed by atoms with Gasteiger partial charge >= 0.3 is 0 Å². The van der Waals surface area contributed by atoms with Crippen LogP contribution in [0.1, 0.15) is 29.9 Å². The molecule has 1 unspecified atom stereocenters. The van der Waals surface area contributed by atoms with Crippen LogP contribution < -0.4 is 5.32 Å². The van der Waals surface area contributed by atoms with Crippen molar-refractivity contribution in [3.8, 4) is 0 Å². The summed E-state index contributed by atoms with van der Waals surface area (Å²) < 4.78 is 1.90. The first-order valence-corrected chi connectivity index (χ1v) is 5.80. The van der Waals surface area contributed by atoms with Gasteiger partial charge in [-0.3, -0.25) is 9.67 Å². The van der Waals surface area contributed by atoms with Crippen LogP contribution in [0.3, 0.4) is 0 Å². The average Bonchev–Trinajstić information content (AvgIpc) is 2.69. The molecule has 17 heavy (non-hydrogen) atoms. The second kappa shape index (κ2) is 5.10. The Hall–Kier alpha value is -1.68. The Morgan fingerprint density at radius 3 is 2.82 bits per heavy atom. The standard InChI is InChI=1S/C13H18N4/c1-10(13-9-16-17(3)11(13)2)15-8-12-6-4-5-7-14-12/h4-7,9-10,15H,8H2,1-3H3. The van der Waals surface area contributed by atoms with E-state index in [1.54, 1.807) is 0 Å². The van der Waals surface area contributed by atoms with Gasteiger partial charge in [0.1, 0.15) is 0 Å². The second-order valence-corrected chi connectivity index (χ2v) is 4.23. The topological polar surface area (TPSA) is 42.7 Å². The molecule has 2 heterocycles. The molecule has 0 saturated carbocycles. The quantitative estimate of drug-likeness (QED) is 0.873. The zero-order chi connectivity index (χ0) is 12.3. The van der Waals surface area contributed by atoms with E-state index >= 15 is 0 Å². The minimum atomic E-state index is 0.283. The Morgan fingerprint density at radius 2 is 2.24 bits per heavy atom. The van der Waals surface area contributed by atoms with Gasteiger partial charge in [0, 0.05) is 37.1 Å². The predicted octanol–water partition coefficient (Wildman–Crippen LogP) is 1.97. The monoisotopic (exact) mass is 230 g/mol. The van der Waals surface area contributed by atoms with E-state index in [4.69, 9.17) is 0 Å². The minimum absolute atomic E-state index is 0.283. The zero-order valence-electron chi connectivity index (χ0n) is 10.5. The SMILES string of the molecule is Cc1c(C(C)NCc2ccccn2)cnn1C. The molecule has 0 amide bonds. The maximum atomic E-state index is 4.29. The fraction of sp³-hybridized carbons (Fsp3) is 0.385. The molecule has 0 saturated heterocycles. The molecule has 0 aliphatic carbocycles. The van der Waals surface area contributed by atoms with Gasteiger partial charge in [0.2, 0.25) is 0 Å². The van der Waals surface area contributed by atoms with Gasteiger partial charge < -0.3 is 5.32 Å². The lowest BCUT2D eigenvalue weighted by atomic mass is 10.1. The summed E-state index contributed by atoms with van der Waals surface area (Å²) in [4.78, 5) is 4.29. The first-order chi connectivity index (χ1) is 8.18. The number of nitrogens with one attached hydrogen (secondary N) is 1. The average molecular weight is 230 g/mol. The van der Waals surface area contributed by atoms with Crippen molar-refractivity contribution in [3.05, 3.63) is 47.5 Å². The Morgan fingerprint density at radius 1 is 1.41 bits per heavy atom. The van der Waals surface area contributed by atoms with Gasteiger partial charge in [0.25, 0.3) is 0 Å². The molecule has 0 aromatic carbocycles. The van der Waals surface area contributed by atoms with Crippen molar-refractivity contribution >= 4 is 0 Å². The molecule has 90 valence electrons. The maximum absolute atomic E-state index is 4.29. The molecule has 0 fully saturated rings. The summed E-state index contributed by atoms with van der Waals surface area (Å²) in [5.41, 5.74) is 3.50. The first kappa shape index (κ1) is 11.8. The predicted molar refractivity (Wildman–Crippen MR) is 67.4 cm³/mol. The van der Waals surface area contributed by atoms with E-state index in [1.807, 2.05) is 42.3 Å². The van der Waals surface area contributed by atoms with Crippen LogP contribution in [0, 0.1) is 6.92 Å². The van der Waals surface area contributed by atoms with Gasteiger partial charge in [-0.1, -0.05) is 6.07 Å². The fourth-order valence-electron chi connectivity index (χ4n) is 1.81. The Labute approximate surface area is 102 Å². The van der Waals surface area contributed by atoms with Crippen molar-refractivity contribution in [2.75, 3.05) is 0 Å². The fourth-order valence-corrected chi connectivity index (χ4v) is 1.81. The highest BCUT2D eigenvalue weighted by molar-refractivity contribution is 5.19. The maximum Gasteiger partial charge on any atom is 0.0541 e. The van der Waals surface area contributed by atoms with E-state index in [0.717, 1.165) is 12.2 Å². The lowest BCUT2D eigenvalue weighted by Gasteiger charge is -2.13. The van der Waals surface area contributed by atoms with E-state index in [9.17, 15) is 0 Å². The van der Waals surface area contributed by atoms with Crippen molar-refractivity contribution in [2.45, 2.75) is 26.4 Å². The van der Waals surface area contributed by atoms with Crippen LogP contribution >= 0.6 is 0 Å². The first-order valence-electron chi connectivity index (χ1n) is 5.80. The highest BCUT2D eigenvalue weighted by Crippen LogP contribution is 2.16. The van der Waals surface area contributed by atoms with Crippen LogP contribution in [0.25, 0.3) is 0 Å². The Kier molecular flexibility index (Phi) is 3.54. The lowest BCUT2D eigenvalue weighted by molar-refractivity contribution is 0.564. The molecule has 2 aromatic heterocycles. The van der Waals surface area contributed by atoms with Crippen LogP contribution in [0.2, 0.25) is 0 Å². The van der Waals surface area contributed by atoms with Gasteiger partial charge in [0.15, 0.2) is 0 Å². The van der Waals surface area contributed by atoms with Gasteiger partial charge in [-0.25, -0.2) is 0 Å². The number of rotatable bonds is 4. The number of aromatic nitrogens is 3. The van der Waals surface area contributed by atoms with Crippen molar-refractivity contribution in [1.82, 2.24) is 20.1 Å². The van der Waals surface area contributed by atoms with Crippen molar-refractivity contribution in [1.29, 1.82) is 0 Å². The van der Waals surface area contributed by atoms with Gasteiger partial charge in [-0.05, 0) is 26.0 Å². The summed E-state index contributed by atoms with van der Waals surface area (Å²) in [6.45, 7) is 5.00. The number of hydrogen-bond donors (Lipinski definition) is 1. The number of nitrogens with zero attached hydrogens (tertiary/aromatic N) is 3. The zero-order valence-corrected chi connectivity index (χ0v) is 10.5. The third-order valence-corrected chi connectivity index (χ3v) is 3.06. The van der Waals surface area contributed by atoms with Crippen molar-refractivity contribution in [2.24, 2.45) is 7.05 Å². The molecule has 2 rings (SSSR count). The summed E-state index contributed by atoms with van der Waals surface area (Å²) >= 11 is 0. The molecule has 0 aliphatic heterocycles. The molecular formula is C13H18N4. The molecule has 4 nitrogen and oxygen atoms in total. The Bertz CT molecular complexity index is 475. The lowest BCUT2D eigenvalue weighted by Crippen LogP contribution is -2.19. The van der Waals surface area contributed by atoms with E-state index in [2.05, 4.69) is 29.2 Å². The molecule has 0 radical (unpaired) electrons. The van der Waals surface area contributed by atoms with Crippen LogP contribution in [-0.4, -0.2) is 14.8 Å². The summed E-state index contributed by atoms with van der Waals surface area (Å²) in [6.07, 6.45) is 3.74. The Balaban J connectivity index is 1.98. The third kappa shape index (κ3) is 2.71. The molecule has 1 atom stereocenters. The minimum Gasteiger partial charge on any atom is -0.304 e. The van der Waals surface area contributed by atoms with Gasteiger partial charge in [0.05, 0.1) is 11.9 Å². The van der Waals surface area contributed by atoms with Crippen LogP contribution in [-0.2, 0) is 13.6 Å². The summed E-state index contributed by atoms with van der Waals surface area (Å²) in [7, 11) is 1.96. The summed E-state index contributed by atoms with van der Waals surface area (Å²) in [5, 5.41) is 7.71.